The highest BCUT2D eigenvalue weighted by molar-refractivity contribution is 6.29. The largest absolute Gasteiger partial charge is 0.478 e. The molecule has 16 heavy (non-hydrogen) atoms. The highest BCUT2D eigenvalue weighted by atomic mass is 35.5. The molecular weight excluding hydrogens is 235 g/mol. The van der Waals surface area contributed by atoms with Gasteiger partial charge in [-0.25, -0.2) is 14.2 Å². The fourth-order valence-corrected chi connectivity index (χ4v) is 1.94. The lowest BCUT2D eigenvalue weighted by atomic mass is 10.2. The van der Waals surface area contributed by atoms with Crippen LogP contribution in [0.15, 0.2) is 12.3 Å². The van der Waals surface area contributed by atoms with Crippen molar-refractivity contribution < 1.29 is 14.3 Å². The molecule has 86 valence electrons. The lowest BCUT2D eigenvalue weighted by Gasteiger charge is -2.19. The minimum absolute atomic E-state index is 0.0640. The molecule has 0 radical (unpaired) electrons. The predicted molar refractivity (Wildman–Crippen MR) is 57.9 cm³/mol. The van der Waals surface area contributed by atoms with Crippen LogP contribution in [-0.2, 0) is 0 Å². The first-order valence-electron chi connectivity index (χ1n) is 4.86. The van der Waals surface area contributed by atoms with Gasteiger partial charge >= 0.3 is 5.97 Å². The fraction of sp³-hybridized carbons (Fsp3) is 0.400. The van der Waals surface area contributed by atoms with Gasteiger partial charge < -0.3 is 10.0 Å². The van der Waals surface area contributed by atoms with Crippen molar-refractivity contribution in [2.45, 2.75) is 12.6 Å². The van der Waals surface area contributed by atoms with Gasteiger partial charge in [-0.2, -0.15) is 0 Å². The van der Waals surface area contributed by atoms with Crippen LogP contribution in [0.25, 0.3) is 0 Å². The number of anilines is 1. The highest BCUT2D eigenvalue weighted by Crippen LogP contribution is 2.26. The van der Waals surface area contributed by atoms with Crippen LogP contribution >= 0.6 is 11.6 Å². The Hall–Kier alpha value is -1.36. The predicted octanol–water partition coefficient (Wildman–Crippen LogP) is 1.98. The van der Waals surface area contributed by atoms with Gasteiger partial charge in [0.1, 0.15) is 11.3 Å². The summed E-state index contributed by atoms with van der Waals surface area (Å²) in [5, 5.41) is 9.13. The van der Waals surface area contributed by atoms with E-state index < -0.39 is 12.1 Å². The summed E-state index contributed by atoms with van der Waals surface area (Å²) in [6.45, 7) is 0.717. The maximum Gasteiger partial charge on any atom is 0.337 e. The van der Waals surface area contributed by atoms with Gasteiger partial charge in [0.2, 0.25) is 0 Å². The molecule has 0 aliphatic carbocycles. The molecule has 1 saturated heterocycles. The average Bonchev–Trinajstić information content (AvgIpc) is 2.64. The molecule has 1 N–H and O–H groups in total. The molecule has 6 heteroatoms. The first-order chi connectivity index (χ1) is 7.58. The Labute approximate surface area is 96.7 Å². The molecule has 1 aromatic rings. The summed E-state index contributed by atoms with van der Waals surface area (Å²) in [4.78, 5) is 16.5. The van der Waals surface area contributed by atoms with E-state index in [2.05, 4.69) is 4.98 Å². The van der Waals surface area contributed by atoms with Crippen LogP contribution in [0, 0.1) is 0 Å². The Morgan fingerprint density at radius 3 is 3.00 bits per heavy atom. The van der Waals surface area contributed by atoms with E-state index in [1.807, 2.05) is 0 Å². The number of carbonyl (C=O) groups is 1. The van der Waals surface area contributed by atoms with Crippen molar-refractivity contribution in [3.8, 4) is 0 Å². The number of carboxylic acid groups (broad SMARTS) is 1. The van der Waals surface area contributed by atoms with Crippen LogP contribution in [0.1, 0.15) is 16.8 Å². The summed E-state index contributed by atoms with van der Waals surface area (Å²) in [5.41, 5.74) is 0.492. The zero-order chi connectivity index (χ0) is 11.7. The fourth-order valence-electron chi connectivity index (χ4n) is 1.78. The number of rotatable bonds is 2. The summed E-state index contributed by atoms with van der Waals surface area (Å²) in [6.07, 6.45) is 0.892. The summed E-state index contributed by atoms with van der Waals surface area (Å²) in [5.74, 6) is -1.08. The molecule has 1 unspecified atom stereocenters. The van der Waals surface area contributed by atoms with E-state index in [1.54, 1.807) is 4.90 Å². The van der Waals surface area contributed by atoms with Crippen LogP contribution in [0.2, 0.25) is 5.15 Å². The van der Waals surface area contributed by atoms with Gasteiger partial charge in [0.05, 0.1) is 17.4 Å². The molecule has 0 amide bonds. The van der Waals surface area contributed by atoms with Gasteiger partial charge in [0, 0.05) is 13.1 Å². The molecule has 1 atom stereocenters. The second-order valence-corrected chi connectivity index (χ2v) is 4.05. The zero-order valence-electron chi connectivity index (χ0n) is 8.36. The zero-order valence-corrected chi connectivity index (χ0v) is 9.12. The second-order valence-electron chi connectivity index (χ2n) is 3.66. The van der Waals surface area contributed by atoms with Crippen LogP contribution in [0.4, 0.5) is 10.1 Å². The molecule has 1 aliphatic heterocycles. The van der Waals surface area contributed by atoms with E-state index in [-0.39, 0.29) is 17.3 Å². The van der Waals surface area contributed by atoms with Gasteiger partial charge in [0.15, 0.2) is 0 Å². The van der Waals surface area contributed by atoms with Gasteiger partial charge in [0.25, 0.3) is 0 Å². The van der Waals surface area contributed by atoms with E-state index >= 15 is 0 Å². The van der Waals surface area contributed by atoms with Crippen LogP contribution in [0.5, 0.6) is 0 Å². The lowest BCUT2D eigenvalue weighted by molar-refractivity contribution is 0.0697. The average molecular weight is 245 g/mol. The van der Waals surface area contributed by atoms with E-state index in [1.165, 1.54) is 12.3 Å². The number of carboxylic acids is 1. The summed E-state index contributed by atoms with van der Waals surface area (Å²) >= 11 is 5.63. The van der Waals surface area contributed by atoms with Crippen LogP contribution < -0.4 is 4.90 Å². The van der Waals surface area contributed by atoms with Gasteiger partial charge in [-0.15, -0.1) is 0 Å². The maximum atomic E-state index is 13.0. The molecular formula is C10H10ClFN2O2. The van der Waals surface area contributed by atoms with Gasteiger partial charge in [-0.1, -0.05) is 11.6 Å². The van der Waals surface area contributed by atoms with Crippen LogP contribution in [0.3, 0.4) is 0 Å². The smallest absolute Gasteiger partial charge is 0.337 e. The number of nitrogens with zero attached hydrogens (tertiary/aromatic N) is 2. The topological polar surface area (TPSA) is 53.4 Å². The van der Waals surface area contributed by atoms with Crippen molar-refractivity contribution in [3.05, 3.63) is 23.0 Å². The number of aromatic carboxylic acids is 1. The van der Waals surface area contributed by atoms with Crippen molar-refractivity contribution in [2.24, 2.45) is 0 Å². The second kappa shape index (κ2) is 4.25. The minimum Gasteiger partial charge on any atom is -0.478 e. The van der Waals surface area contributed by atoms with Gasteiger partial charge in [-0.05, 0) is 12.5 Å². The first kappa shape index (κ1) is 11.1. The SMILES string of the molecule is O=C(O)c1cc(Cl)ncc1N1CCC(F)C1. The Balaban J connectivity index is 2.36. The maximum absolute atomic E-state index is 13.0. The number of pyridine rings is 1. The molecule has 4 nitrogen and oxygen atoms in total. The third-order valence-electron chi connectivity index (χ3n) is 2.55. The Morgan fingerprint density at radius 2 is 2.44 bits per heavy atom. The Kier molecular flexibility index (Phi) is 2.96. The summed E-state index contributed by atoms with van der Waals surface area (Å²) in [7, 11) is 0. The number of aromatic nitrogens is 1. The summed E-state index contributed by atoms with van der Waals surface area (Å²) in [6, 6.07) is 1.28. The number of hydrogen-bond donors (Lipinski definition) is 1. The summed E-state index contributed by atoms with van der Waals surface area (Å²) < 4.78 is 13.0. The van der Waals surface area contributed by atoms with E-state index in [0.29, 0.717) is 18.7 Å². The standard InChI is InChI=1S/C10H10ClFN2O2/c11-9-3-7(10(15)16)8(4-13-9)14-2-1-6(12)5-14/h3-4,6H,1-2,5H2,(H,15,16). The Bertz CT molecular complexity index is 427. The molecule has 1 fully saturated rings. The molecule has 0 bridgehead atoms. The molecule has 1 aromatic heterocycles. The van der Waals surface area contributed by atoms with Crippen LogP contribution in [-0.4, -0.2) is 35.3 Å². The molecule has 0 saturated carbocycles. The molecule has 2 heterocycles. The number of halogens is 2. The molecule has 2 rings (SSSR count). The van der Waals surface area contributed by atoms with E-state index in [9.17, 15) is 9.18 Å². The molecule has 0 spiro atoms. The molecule has 0 aromatic carbocycles. The van der Waals surface area contributed by atoms with Crippen molar-refractivity contribution >= 4 is 23.3 Å². The lowest BCUT2D eigenvalue weighted by Crippen LogP contribution is -2.22. The van der Waals surface area contributed by atoms with Crippen molar-refractivity contribution in [1.82, 2.24) is 4.98 Å². The third kappa shape index (κ3) is 2.09. The quantitative estimate of drug-likeness (QED) is 0.809. The number of alkyl halides is 1. The van der Waals surface area contributed by atoms with Crippen molar-refractivity contribution in [3.63, 3.8) is 0 Å². The van der Waals surface area contributed by atoms with Gasteiger partial charge in [-0.3, -0.25) is 0 Å². The molecule has 1 aliphatic rings. The highest BCUT2D eigenvalue weighted by Gasteiger charge is 2.25. The van der Waals surface area contributed by atoms with E-state index in [0.717, 1.165) is 0 Å². The monoisotopic (exact) mass is 244 g/mol. The van der Waals surface area contributed by atoms with Crippen molar-refractivity contribution in [2.75, 3.05) is 18.0 Å². The van der Waals surface area contributed by atoms with E-state index in [4.69, 9.17) is 16.7 Å². The van der Waals surface area contributed by atoms with Crippen molar-refractivity contribution in [1.29, 1.82) is 0 Å². The Morgan fingerprint density at radius 1 is 1.69 bits per heavy atom. The first-order valence-corrected chi connectivity index (χ1v) is 5.23. The number of hydrogen-bond acceptors (Lipinski definition) is 3. The minimum atomic E-state index is -1.08. The third-order valence-corrected chi connectivity index (χ3v) is 2.76. The normalized spacial score (nSPS) is 20.1.